The molecule has 23 heavy (non-hydrogen) atoms. The molecule has 0 spiro atoms. The van der Waals surface area contributed by atoms with Crippen LogP contribution >= 0.6 is 0 Å². The van der Waals surface area contributed by atoms with Crippen molar-refractivity contribution in [1.82, 2.24) is 25.2 Å². The number of nitrogens with zero attached hydrogens (tertiary/aromatic N) is 4. The number of nitrogens with one attached hydrogen (secondary N) is 1. The number of hydrogen-bond donors (Lipinski definition) is 1. The first-order valence-corrected chi connectivity index (χ1v) is 8.86. The number of fused-ring (bicyclic) bond motifs is 1. The van der Waals surface area contributed by atoms with Crippen molar-refractivity contribution >= 4 is 0 Å². The van der Waals surface area contributed by atoms with E-state index >= 15 is 0 Å². The zero-order valence-corrected chi connectivity index (χ0v) is 14.4. The lowest BCUT2D eigenvalue weighted by Gasteiger charge is -2.26. The van der Waals surface area contributed by atoms with Gasteiger partial charge >= 0.3 is 0 Å². The Morgan fingerprint density at radius 1 is 1.43 bits per heavy atom. The van der Waals surface area contributed by atoms with E-state index in [9.17, 15) is 0 Å². The summed E-state index contributed by atoms with van der Waals surface area (Å²) in [4.78, 5) is 4.53. The molecule has 0 amide bonds. The maximum Gasteiger partial charge on any atom is 0.243 e. The van der Waals surface area contributed by atoms with Gasteiger partial charge in [-0.1, -0.05) is 18.5 Å². The van der Waals surface area contributed by atoms with Crippen LogP contribution in [0.15, 0.2) is 10.7 Å². The third-order valence-corrected chi connectivity index (χ3v) is 4.62. The Balaban J connectivity index is 1.68. The van der Waals surface area contributed by atoms with Crippen molar-refractivity contribution < 1.29 is 4.52 Å². The van der Waals surface area contributed by atoms with Crippen LogP contribution in [0.3, 0.4) is 0 Å². The van der Waals surface area contributed by atoms with Crippen LogP contribution in [0, 0.1) is 0 Å². The van der Waals surface area contributed by atoms with E-state index in [-0.39, 0.29) is 6.04 Å². The maximum absolute atomic E-state index is 5.43. The van der Waals surface area contributed by atoms with Gasteiger partial charge < -0.3 is 4.52 Å². The SMILES string of the molecule is CCCCc1noc(C(C)NC2CCCc3c2cnn3CC)n1. The molecule has 0 fully saturated rings. The Morgan fingerprint density at radius 2 is 2.30 bits per heavy atom. The molecule has 2 unspecified atom stereocenters. The third kappa shape index (κ3) is 3.47. The van der Waals surface area contributed by atoms with Gasteiger partial charge in [0.1, 0.15) is 0 Å². The average Bonchev–Trinajstić information content (AvgIpc) is 3.20. The smallest absolute Gasteiger partial charge is 0.243 e. The standard InChI is InChI=1S/C17H27N5O/c1-4-6-10-16-20-17(23-21-16)12(3)19-14-8-7-9-15-13(14)11-18-22(15)5-2/h11-12,14,19H,4-10H2,1-3H3. The summed E-state index contributed by atoms with van der Waals surface area (Å²) in [6.07, 6.45) is 8.59. The Hall–Kier alpha value is -1.69. The summed E-state index contributed by atoms with van der Waals surface area (Å²) in [5, 5.41) is 12.2. The highest BCUT2D eigenvalue weighted by Crippen LogP contribution is 2.31. The van der Waals surface area contributed by atoms with Crippen molar-refractivity contribution in [2.75, 3.05) is 0 Å². The predicted molar refractivity (Wildman–Crippen MR) is 88.0 cm³/mol. The lowest BCUT2D eigenvalue weighted by Crippen LogP contribution is -2.28. The second kappa shape index (κ2) is 7.25. The van der Waals surface area contributed by atoms with E-state index in [2.05, 4.69) is 46.0 Å². The first-order valence-electron chi connectivity index (χ1n) is 8.86. The van der Waals surface area contributed by atoms with Gasteiger partial charge in [0.05, 0.1) is 12.2 Å². The van der Waals surface area contributed by atoms with Crippen LogP contribution in [0.5, 0.6) is 0 Å². The van der Waals surface area contributed by atoms with Gasteiger partial charge in [0.15, 0.2) is 5.82 Å². The van der Waals surface area contributed by atoms with E-state index in [0.717, 1.165) is 44.5 Å². The molecule has 2 aromatic heterocycles. The number of aryl methyl sites for hydroxylation is 2. The highest BCUT2D eigenvalue weighted by atomic mass is 16.5. The second-order valence-electron chi connectivity index (χ2n) is 6.35. The first kappa shape index (κ1) is 16.2. The molecular weight excluding hydrogens is 290 g/mol. The van der Waals surface area contributed by atoms with E-state index in [1.807, 2.05) is 6.20 Å². The number of unbranched alkanes of at least 4 members (excludes halogenated alkanes) is 1. The lowest BCUT2D eigenvalue weighted by molar-refractivity contribution is 0.311. The van der Waals surface area contributed by atoms with E-state index in [1.165, 1.54) is 17.7 Å². The summed E-state index contributed by atoms with van der Waals surface area (Å²) in [7, 11) is 0. The van der Waals surface area contributed by atoms with Crippen LogP contribution in [-0.4, -0.2) is 19.9 Å². The molecule has 1 aliphatic rings. The molecule has 2 atom stereocenters. The van der Waals surface area contributed by atoms with Crippen LogP contribution in [0.4, 0.5) is 0 Å². The van der Waals surface area contributed by atoms with Crippen LogP contribution in [-0.2, 0) is 19.4 Å². The van der Waals surface area contributed by atoms with Crippen LogP contribution < -0.4 is 5.32 Å². The van der Waals surface area contributed by atoms with Crippen molar-refractivity contribution in [1.29, 1.82) is 0 Å². The molecule has 1 aliphatic carbocycles. The minimum atomic E-state index is 0.0544. The summed E-state index contributed by atoms with van der Waals surface area (Å²) in [6, 6.07) is 0.374. The quantitative estimate of drug-likeness (QED) is 0.848. The van der Waals surface area contributed by atoms with E-state index < -0.39 is 0 Å². The topological polar surface area (TPSA) is 68.8 Å². The molecule has 6 heteroatoms. The molecule has 3 rings (SSSR count). The normalized spacial score (nSPS) is 18.8. The van der Waals surface area contributed by atoms with Gasteiger partial charge in [-0.05, 0) is 39.5 Å². The molecule has 1 N–H and O–H groups in total. The fraction of sp³-hybridized carbons (Fsp3) is 0.706. The molecule has 0 aliphatic heterocycles. The molecular formula is C17H27N5O. The summed E-state index contributed by atoms with van der Waals surface area (Å²) < 4.78 is 7.55. The van der Waals surface area contributed by atoms with Gasteiger partial charge in [0.25, 0.3) is 0 Å². The zero-order chi connectivity index (χ0) is 16.2. The number of hydrogen-bond acceptors (Lipinski definition) is 5. The molecule has 2 heterocycles. The van der Waals surface area contributed by atoms with Crippen LogP contribution in [0.2, 0.25) is 0 Å². The molecule has 0 saturated carbocycles. The average molecular weight is 317 g/mol. The molecule has 6 nitrogen and oxygen atoms in total. The summed E-state index contributed by atoms with van der Waals surface area (Å²) in [6.45, 7) is 7.34. The highest BCUT2D eigenvalue weighted by Gasteiger charge is 2.26. The highest BCUT2D eigenvalue weighted by molar-refractivity contribution is 5.25. The zero-order valence-electron chi connectivity index (χ0n) is 14.4. The largest absolute Gasteiger partial charge is 0.338 e. The Bertz CT molecular complexity index is 633. The van der Waals surface area contributed by atoms with Crippen molar-refractivity contribution in [3.8, 4) is 0 Å². The van der Waals surface area contributed by atoms with Gasteiger partial charge in [-0.2, -0.15) is 10.1 Å². The van der Waals surface area contributed by atoms with Gasteiger partial charge in [-0.3, -0.25) is 10.00 Å². The third-order valence-electron chi connectivity index (χ3n) is 4.62. The number of aromatic nitrogens is 4. The van der Waals surface area contributed by atoms with E-state index in [0.29, 0.717) is 11.9 Å². The monoisotopic (exact) mass is 317 g/mol. The van der Waals surface area contributed by atoms with Gasteiger partial charge in [-0.25, -0.2) is 0 Å². The van der Waals surface area contributed by atoms with Gasteiger partial charge in [0, 0.05) is 30.3 Å². The van der Waals surface area contributed by atoms with Crippen molar-refractivity contribution in [3.63, 3.8) is 0 Å². The number of rotatable bonds is 7. The Labute approximate surface area is 137 Å². The van der Waals surface area contributed by atoms with Gasteiger partial charge in [0.2, 0.25) is 5.89 Å². The lowest BCUT2D eigenvalue weighted by atomic mass is 9.92. The van der Waals surface area contributed by atoms with E-state index in [4.69, 9.17) is 4.52 Å². The van der Waals surface area contributed by atoms with Gasteiger partial charge in [-0.15, -0.1) is 0 Å². The fourth-order valence-corrected chi connectivity index (χ4v) is 3.32. The maximum atomic E-state index is 5.43. The van der Waals surface area contributed by atoms with Crippen molar-refractivity contribution in [3.05, 3.63) is 29.2 Å². The van der Waals surface area contributed by atoms with E-state index in [1.54, 1.807) is 0 Å². The Kier molecular flexibility index (Phi) is 5.10. The molecule has 2 aromatic rings. The molecule has 0 aromatic carbocycles. The van der Waals surface area contributed by atoms with Crippen molar-refractivity contribution in [2.45, 2.75) is 77.9 Å². The van der Waals surface area contributed by atoms with Crippen LogP contribution in [0.1, 0.15) is 81.5 Å². The molecule has 126 valence electrons. The summed E-state index contributed by atoms with van der Waals surface area (Å²) >= 11 is 0. The predicted octanol–water partition coefficient (Wildman–Crippen LogP) is 3.36. The second-order valence-corrected chi connectivity index (χ2v) is 6.35. The molecule has 0 bridgehead atoms. The first-order chi connectivity index (χ1) is 11.2. The van der Waals surface area contributed by atoms with Crippen molar-refractivity contribution in [2.24, 2.45) is 0 Å². The minimum Gasteiger partial charge on any atom is -0.338 e. The van der Waals surface area contributed by atoms with Crippen LogP contribution in [0.25, 0.3) is 0 Å². The summed E-state index contributed by atoms with van der Waals surface area (Å²) in [5.41, 5.74) is 2.70. The Morgan fingerprint density at radius 3 is 3.09 bits per heavy atom. The summed E-state index contributed by atoms with van der Waals surface area (Å²) in [5.74, 6) is 1.50. The minimum absolute atomic E-state index is 0.0544. The molecule has 0 radical (unpaired) electrons. The fourth-order valence-electron chi connectivity index (χ4n) is 3.32. The molecule has 0 saturated heterocycles.